The highest BCUT2D eigenvalue weighted by molar-refractivity contribution is 5.96. The lowest BCUT2D eigenvalue weighted by molar-refractivity contribution is 0.0740. The molecule has 0 saturated carbocycles. The molecule has 0 aliphatic carbocycles. The number of ether oxygens (including phenoxy) is 1. The number of amides is 2. The standard InChI is InChI=1S/C20H23FN4O3/c1-28-14-9-22-19(26)16-6-4-7-17(23-16)20(27)25-12-10-24(11-13-25)18-8-3-2-5-15(18)21/h2-8H,9-14H2,1H3,(H,22,26). The van der Waals surface area contributed by atoms with Crippen LogP contribution < -0.4 is 10.2 Å². The third kappa shape index (κ3) is 4.64. The lowest BCUT2D eigenvalue weighted by Gasteiger charge is -2.36. The Hall–Kier alpha value is -3.00. The number of carbonyl (C=O) groups excluding carboxylic acids is 2. The monoisotopic (exact) mass is 386 g/mol. The second-order valence-corrected chi connectivity index (χ2v) is 6.39. The van der Waals surface area contributed by atoms with Gasteiger partial charge >= 0.3 is 0 Å². The molecule has 1 aliphatic rings. The third-order valence-electron chi connectivity index (χ3n) is 4.55. The number of aromatic nitrogens is 1. The van der Waals surface area contributed by atoms with E-state index in [2.05, 4.69) is 10.3 Å². The van der Waals surface area contributed by atoms with Gasteiger partial charge in [0.05, 0.1) is 12.3 Å². The molecule has 1 saturated heterocycles. The summed E-state index contributed by atoms with van der Waals surface area (Å²) in [5, 5.41) is 2.68. The first-order chi connectivity index (χ1) is 13.6. The van der Waals surface area contributed by atoms with Crippen molar-refractivity contribution in [3.05, 3.63) is 59.7 Å². The molecular formula is C20H23FN4O3. The van der Waals surface area contributed by atoms with E-state index < -0.39 is 0 Å². The summed E-state index contributed by atoms with van der Waals surface area (Å²) in [6, 6.07) is 11.4. The number of hydrogen-bond acceptors (Lipinski definition) is 5. The maximum absolute atomic E-state index is 13.9. The Morgan fingerprint density at radius 1 is 1.07 bits per heavy atom. The molecule has 7 nitrogen and oxygen atoms in total. The summed E-state index contributed by atoms with van der Waals surface area (Å²) in [6.45, 7) is 2.75. The van der Waals surface area contributed by atoms with Gasteiger partial charge in [-0.15, -0.1) is 0 Å². The topological polar surface area (TPSA) is 74.8 Å². The highest BCUT2D eigenvalue weighted by Crippen LogP contribution is 2.20. The highest BCUT2D eigenvalue weighted by atomic mass is 19.1. The van der Waals surface area contributed by atoms with Gasteiger partial charge in [-0.1, -0.05) is 18.2 Å². The second-order valence-electron chi connectivity index (χ2n) is 6.39. The van der Waals surface area contributed by atoms with Crippen molar-refractivity contribution < 1.29 is 18.7 Å². The summed E-state index contributed by atoms with van der Waals surface area (Å²) in [6.07, 6.45) is 0. The zero-order valence-corrected chi connectivity index (χ0v) is 15.7. The number of nitrogens with zero attached hydrogens (tertiary/aromatic N) is 3. The second kappa shape index (κ2) is 9.27. The summed E-state index contributed by atoms with van der Waals surface area (Å²) >= 11 is 0. The van der Waals surface area contributed by atoms with Gasteiger partial charge in [0.15, 0.2) is 0 Å². The van der Waals surface area contributed by atoms with Gasteiger partial charge in [-0.05, 0) is 24.3 Å². The Morgan fingerprint density at radius 2 is 1.79 bits per heavy atom. The van der Waals surface area contributed by atoms with Gasteiger partial charge in [0.2, 0.25) is 0 Å². The number of methoxy groups -OCH3 is 1. The van der Waals surface area contributed by atoms with Crippen molar-refractivity contribution in [3.63, 3.8) is 0 Å². The Labute approximate surface area is 163 Å². The fourth-order valence-electron chi connectivity index (χ4n) is 3.06. The zero-order chi connectivity index (χ0) is 19.9. The van der Waals surface area contributed by atoms with Crippen LogP contribution in [0.3, 0.4) is 0 Å². The fraction of sp³-hybridized carbons (Fsp3) is 0.350. The van der Waals surface area contributed by atoms with Crippen LogP contribution in [-0.4, -0.2) is 68.1 Å². The first-order valence-electron chi connectivity index (χ1n) is 9.13. The van der Waals surface area contributed by atoms with E-state index in [1.54, 1.807) is 48.4 Å². The molecule has 8 heteroatoms. The Balaban J connectivity index is 1.61. The average molecular weight is 386 g/mol. The van der Waals surface area contributed by atoms with E-state index in [9.17, 15) is 14.0 Å². The van der Waals surface area contributed by atoms with Crippen LogP contribution in [0.1, 0.15) is 21.0 Å². The normalized spacial score (nSPS) is 14.1. The van der Waals surface area contributed by atoms with Crippen molar-refractivity contribution in [2.45, 2.75) is 0 Å². The van der Waals surface area contributed by atoms with Gasteiger partial charge in [-0.25, -0.2) is 9.37 Å². The number of anilines is 1. The van der Waals surface area contributed by atoms with Crippen molar-refractivity contribution in [2.75, 3.05) is 51.3 Å². The molecule has 0 unspecified atom stereocenters. The van der Waals surface area contributed by atoms with Crippen LogP contribution in [0.15, 0.2) is 42.5 Å². The van der Waals surface area contributed by atoms with Gasteiger partial charge in [-0.3, -0.25) is 9.59 Å². The third-order valence-corrected chi connectivity index (χ3v) is 4.55. The number of pyridine rings is 1. The quantitative estimate of drug-likeness (QED) is 0.763. The summed E-state index contributed by atoms with van der Waals surface area (Å²) in [5.41, 5.74) is 0.952. The van der Waals surface area contributed by atoms with Crippen LogP contribution in [0.2, 0.25) is 0 Å². The lowest BCUT2D eigenvalue weighted by Crippen LogP contribution is -2.49. The van der Waals surface area contributed by atoms with Crippen LogP contribution in [0, 0.1) is 5.82 Å². The molecule has 2 heterocycles. The first-order valence-corrected chi connectivity index (χ1v) is 9.13. The van der Waals surface area contributed by atoms with E-state index in [0.717, 1.165) is 0 Å². The molecule has 0 spiro atoms. The van der Waals surface area contributed by atoms with Crippen molar-refractivity contribution in [3.8, 4) is 0 Å². The minimum atomic E-state index is -0.351. The molecule has 1 aliphatic heterocycles. The molecule has 28 heavy (non-hydrogen) atoms. The highest BCUT2D eigenvalue weighted by Gasteiger charge is 2.24. The minimum Gasteiger partial charge on any atom is -0.383 e. The van der Waals surface area contributed by atoms with Crippen molar-refractivity contribution in [2.24, 2.45) is 0 Å². The molecule has 2 aromatic rings. The van der Waals surface area contributed by atoms with E-state index in [1.165, 1.54) is 6.07 Å². The molecule has 3 rings (SSSR count). The molecular weight excluding hydrogens is 363 g/mol. The Bertz CT molecular complexity index is 838. The van der Waals surface area contributed by atoms with Gasteiger partial charge in [0.1, 0.15) is 17.2 Å². The molecule has 1 fully saturated rings. The summed E-state index contributed by atoms with van der Waals surface area (Å²) in [5.74, 6) is -0.855. The van der Waals surface area contributed by atoms with Crippen LogP contribution >= 0.6 is 0 Å². The van der Waals surface area contributed by atoms with Crippen molar-refractivity contribution >= 4 is 17.5 Å². The number of rotatable bonds is 6. The van der Waals surface area contributed by atoms with E-state index in [4.69, 9.17) is 4.74 Å². The molecule has 2 amide bonds. The predicted octanol–water partition coefficient (Wildman–Crippen LogP) is 1.56. The van der Waals surface area contributed by atoms with Crippen molar-refractivity contribution in [1.29, 1.82) is 0 Å². The average Bonchev–Trinajstić information content (AvgIpc) is 2.74. The van der Waals surface area contributed by atoms with E-state index in [-0.39, 0.29) is 29.0 Å². The van der Waals surface area contributed by atoms with Crippen molar-refractivity contribution in [1.82, 2.24) is 15.2 Å². The van der Waals surface area contributed by atoms with Crippen LogP contribution in [0.4, 0.5) is 10.1 Å². The number of piperazine rings is 1. The summed E-state index contributed by atoms with van der Waals surface area (Å²) in [7, 11) is 1.55. The summed E-state index contributed by atoms with van der Waals surface area (Å²) in [4.78, 5) is 32.7. The molecule has 0 radical (unpaired) electrons. The maximum atomic E-state index is 13.9. The number of nitrogens with one attached hydrogen (secondary N) is 1. The number of carbonyl (C=O) groups is 2. The van der Waals surface area contributed by atoms with Crippen LogP contribution in [0.5, 0.6) is 0 Å². The molecule has 0 atom stereocenters. The smallest absolute Gasteiger partial charge is 0.272 e. The Morgan fingerprint density at radius 3 is 2.50 bits per heavy atom. The number of benzene rings is 1. The Kier molecular flexibility index (Phi) is 6.54. The molecule has 1 aromatic carbocycles. The molecule has 1 N–H and O–H groups in total. The van der Waals surface area contributed by atoms with E-state index >= 15 is 0 Å². The van der Waals surface area contributed by atoms with E-state index in [1.807, 2.05) is 4.90 Å². The zero-order valence-electron chi connectivity index (χ0n) is 15.7. The van der Waals surface area contributed by atoms with Gasteiger partial charge in [-0.2, -0.15) is 0 Å². The summed E-state index contributed by atoms with van der Waals surface area (Å²) < 4.78 is 18.8. The lowest BCUT2D eigenvalue weighted by atomic mass is 10.2. The van der Waals surface area contributed by atoms with Crippen LogP contribution in [-0.2, 0) is 4.74 Å². The minimum absolute atomic E-state index is 0.187. The van der Waals surface area contributed by atoms with Crippen LogP contribution in [0.25, 0.3) is 0 Å². The van der Waals surface area contributed by atoms with Gasteiger partial charge in [0.25, 0.3) is 11.8 Å². The number of para-hydroxylation sites is 1. The van der Waals surface area contributed by atoms with Gasteiger partial charge < -0.3 is 19.9 Å². The largest absolute Gasteiger partial charge is 0.383 e. The predicted molar refractivity (Wildman–Crippen MR) is 103 cm³/mol. The molecule has 0 bridgehead atoms. The van der Waals surface area contributed by atoms with Gasteiger partial charge in [0, 0.05) is 39.8 Å². The molecule has 148 valence electrons. The fourth-order valence-corrected chi connectivity index (χ4v) is 3.06. The SMILES string of the molecule is COCCNC(=O)c1cccc(C(=O)N2CCN(c3ccccc3F)CC2)n1. The number of halogens is 1. The van der Waals surface area contributed by atoms with E-state index in [0.29, 0.717) is 45.0 Å². The number of hydrogen-bond donors (Lipinski definition) is 1. The maximum Gasteiger partial charge on any atom is 0.272 e. The molecule has 1 aromatic heterocycles. The first kappa shape index (κ1) is 19.8.